The third-order valence-corrected chi connectivity index (χ3v) is 5.23. The van der Waals surface area contributed by atoms with Crippen LogP contribution in [0.5, 0.6) is 0 Å². The minimum atomic E-state index is -3.86. The monoisotopic (exact) mass is 390 g/mol. The second-order valence-corrected chi connectivity index (χ2v) is 6.87. The molecule has 110 valence electrons. The van der Waals surface area contributed by atoms with Crippen molar-refractivity contribution in [3.8, 4) is 0 Å². The van der Waals surface area contributed by atoms with Gasteiger partial charge in [0.25, 0.3) is 15.7 Å². The van der Waals surface area contributed by atoms with Crippen LogP contribution in [-0.4, -0.2) is 13.3 Å². The number of hydrogen-bond donors (Lipinski definition) is 1. The van der Waals surface area contributed by atoms with Crippen molar-refractivity contribution in [2.24, 2.45) is 0 Å². The summed E-state index contributed by atoms with van der Waals surface area (Å²) in [5.41, 5.74) is -0.314. The van der Waals surface area contributed by atoms with Crippen LogP contribution in [-0.2, 0) is 10.0 Å². The van der Waals surface area contributed by atoms with E-state index in [1.165, 1.54) is 18.2 Å². The normalized spacial score (nSPS) is 11.1. The lowest BCUT2D eigenvalue weighted by Gasteiger charge is -2.09. The zero-order valence-electron chi connectivity index (χ0n) is 10.3. The SMILES string of the molecule is O=[N+]([O-])c1cc(NS(=O)(=O)c2ccccc2Br)ccc1Cl. The van der Waals surface area contributed by atoms with E-state index in [-0.39, 0.29) is 21.3 Å². The van der Waals surface area contributed by atoms with Gasteiger partial charge >= 0.3 is 0 Å². The minimum absolute atomic E-state index is 0.0302. The van der Waals surface area contributed by atoms with E-state index < -0.39 is 14.9 Å². The molecule has 21 heavy (non-hydrogen) atoms. The lowest BCUT2D eigenvalue weighted by molar-refractivity contribution is -0.384. The Bertz CT molecular complexity index is 811. The summed E-state index contributed by atoms with van der Waals surface area (Å²) in [4.78, 5) is 10.1. The smallest absolute Gasteiger partial charge is 0.279 e. The lowest BCUT2D eigenvalue weighted by atomic mass is 10.3. The molecule has 2 rings (SSSR count). The second kappa shape index (κ2) is 6.00. The van der Waals surface area contributed by atoms with Crippen molar-refractivity contribution in [2.45, 2.75) is 4.90 Å². The third kappa shape index (κ3) is 3.52. The van der Waals surface area contributed by atoms with Gasteiger partial charge in [-0.05, 0) is 40.2 Å². The summed E-state index contributed by atoms with van der Waals surface area (Å²) in [5, 5.41) is 10.7. The molecule has 0 heterocycles. The number of sulfonamides is 1. The number of nitrogens with one attached hydrogen (secondary N) is 1. The van der Waals surface area contributed by atoms with Gasteiger partial charge in [0.1, 0.15) is 9.92 Å². The molecular weight excluding hydrogens is 384 g/mol. The third-order valence-electron chi connectivity index (χ3n) is 2.52. The minimum Gasteiger partial charge on any atom is -0.279 e. The first-order valence-electron chi connectivity index (χ1n) is 5.52. The standard InChI is InChI=1S/C12H8BrClN2O4S/c13-9-3-1-2-4-12(9)21(19,20)15-8-5-6-10(14)11(7-8)16(17)18/h1-7,15H. The average Bonchev–Trinajstić information content (AvgIpc) is 2.40. The summed E-state index contributed by atoms with van der Waals surface area (Å²) >= 11 is 8.82. The van der Waals surface area contributed by atoms with Crippen LogP contribution in [0.15, 0.2) is 51.8 Å². The maximum Gasteiger partial charge on any atom is 0.289 e. The van der Waals surface area contributed by atoms with E-state index >= 15 is 0 Å². The van der Waals surface area contributed by atoms with Crippen molar-refractivity contribution < 1.29 is 13.3 Å². The van der Waals surface area contributed by atoms with E-state index in [2.05, 4.69) is 20.7 Å². The highest BCUT2D eigenvalue weighted by atomic mass is 79.9. The predicted molar refractivity (Wildman–Crippen MR) is 83.1 cm³/mol. The molecule has 0 aliphatic rings. The van der Waals surface area contributed by atoms with E-state index in [9.17, 15) is 18.5 Å². The largest absolute Gasteiger partial charge is 0.289 e. The molecule has 0 spiro atoms. The van der Waals surface area contributed by atoms with Crippen molar-refractivity contribution >= 4 is 48.9 Å². The van der Waals surface area contributed by atoms with Crippen LogP contribution in [0.1, 0.15) is 0 Å². The molecule has 9 heteroatoms. The number of hydrogen-bond acceptors (Lipinski definition) is 4. The summed E-state index contributed by atoms with van der Waals surface area (Å²) < 4.78 is 27.2. The topological polar surface area (TPSA) is 89.3 Å². The molecule has 2 aromatic carbocycles. The van der Waals surface area contributed by atoms with Crippen molar-refractivity contribution in [3.63, 3.8) is 0 Å². The van der Waals surface area contributed by atoms with Gasteiger partial charge in [0, 0.05) is 10.5 Å². The number of halogens is 2. The Balaban J connectivity index is 2.40. The van der Waals surface area contributed by atoms with E-state index in [1.807, 2.05) is 0 Å². The number of anilines is 1. The number of nitrogens with zero attached hydrogens (tertiary/aromatic N) is 1. The first-order valence-corrected chi connectivity index (χ1v) is 8.18. The number of nitro groups is 1. The number of rotatable bonds is 4. The molecule has 0 fully saturated rings. The van der Waals surface area contributed by atoms with Gasteiger partial charge in [0.05, 0.1) is 10.6 Å². The molecule has 0 bridgehead atoms. The zero-order chi connectivity index (χ0) is 15.6. The van der Waals surface area contributed by atoms with E-state index in [1.54, 1.807) is 18.2 Å². The average molecular weight is 392 g/mol. The van der Waals surface area contributed by atoms with Gasteiger partial charge < -0.3 is 0 Å². The summed E-state index contributed by atoms with van der Waals surface area (Å²) in [7, 11) is -3.86. The number of benzene rings is 2. The van der Waals surface area contributed by atoms with Crippen molar-refractivity contribution in [1.82, 2.24) is 0 Å². The highest BCUT2D eigenvalue weighted by Gasteiger charge is 2.19. The molecule has 1 N–H and O–H groups in total. The summed E-state index contributed by atoms with van der Waals surface area (Å²) in [6.07, 6.45) is 0. The lowest BCUT2D eigenvalue weighted by Crippen LogP contribution is -2.13. The zero-order valence-corrected chi connectivity index (χ0v) is 13.4. The maximum atomic E-state index is 12.2. The molecule has 0 unspecified atom stereocenters. The van der Waals surface area contributed by atoms with E-state index in [4.69, 9.17) is 11.6 Å². The fourth-order valence-corrected chi connectivity index (χ4v) is 3.83. The Morgan fingerprint density at radius 3 is 2.48 bits per heavy atom. The molecule has 2 aromatic rings. The fraction of sp³-hybridized carbons (Fsp3) is 0. The maximum absolute atomic E-state index is 12.2. The summed E-state index contributed by atoms with van der Waals surface area (Å²) in [6, 6.07) is 9.92. The van der Waals surface area contributed by atoms with Crippen LogP contribution in [0.25, 0.3) is 0 Å². The van der Waals surface area contributed by atoms with Crippen LogP contribution in [0.2, 0.25) is 5.02 Å². The van der Waals surface area contributed by atoms with Crippen LogP contribution < -0.4 is 4.72 Å². The summed E-state index contributed by atoms with van der Waals surface area (Å²) in [5.74, 6) is 0. The first kappa shape index (κ1) is 15.7. The first-order chi connectivity index (χ1) is 9.81. The predicted octanol–water partition coefficient (Wildman–Crippen LogP) is 3.81. The van der Waals surface area contributed by atoms with Gasteiger partial charge in [-0.2, -0.15) is 0 Å². The molecular formula is C12H8BrClN2O4S. The van der Waals surface area contributed by atoms with Crippen LogP contribution in [0.3, 0.4) is 0 Å². The Labute approximate surface area is 134 Å². The number of nitro benzene ring substituents is 1. The van der Waals surface area contributed by atoms with Crippen molar-refractivity contribution in [1.29, 1.82) is 0 Å². The Morgan fingerprint density at radius 1 is 1.19 bits per heavy atom. The van der Waals surface area contributed by atoms with Crippen LogP contribution >= 0.6 is 27.5 Å². The summed E-state index contributed by atoms with van der Waals surface area (Å²) in [6.45, 7) is 0. The van der Waals surface area contributed by atoms with Gasteiger partial charge in [0.2, 0.25) is 0 Å². The highest BCUT2D eigenvalue weighted by molar-refractivity contribution is 9.10. The fourth-order valence-electron chi connectivity index (χ4n) is 1.59. The van der Waals surface area contributed by atoms with Gasteiger partial charge in [-0.3, -0.25) is 14.8 Å². The Hall–Kier alpha value is -1.64. The molecule has 0 aromatic heterocycles. The van der Waals surface area contributed by atoms with Crippen molar-refractivity contribution in [3.05, 3.63) is 62.1 Å². The molecule has 0 saturated carbocycles. The Kier molecular flexibility index (Phi) is 4.50. The molecule has 6 nitrogen and oxygen atoms in total. The van der Waals surface area contributed by atoms with E-state index in [0.29, 0.717) is 4.47 Å². The van der Waals surface area contributed by atoms with E-state index in [0.717, 1.165) is 6.07 Å². The molecule has 0 aliphatic heterocycles. The second-order valence-electron chi connectivity index (χ2n) is 3.96. The van der Waals surface area contributed by atoms with Crippen LogP contribution in [0, 0.1) is 10.1 Å². The van der Waals surface area contributed by atoms with Gasteiger partial charge in [-0.25, -0.2) is 8.42 Å². The van der Waals surface area contributed by atoms with Gasteiger partial charge in [-0.1, -0.05) is 23.7 Å². The molecule has 0 radical (unpaired) electrons. The molecule has 0 atom stereocenters. The molecule has 0 amide bonds. The molecule has 0 saturated heterocycles. The van der Waals surface area contributed by atoms with Gasteiger partial charge in [0.15, 0.2) is 0 Å². The van der Waals surface area contributed by atoms with Gasteiger partial charge in [-0.15, -0.1) is 0 Å². The quantitative estimate of drug-likeness (QED) is 0.634. The molecule has 0 aliphatic carbocycles. The Morgan fingerprint density at radius 2 is 1.86 bits per heavy atom. The van der Waals surface area contributed by atoms with Crippen molar-refractivity contribution in [2.75, 3.05) is 4.72 Å². The van der Waals surface area contributed by atoms with Crippen LogP contribution in [0.4, 0.5) is 11.4 Å². The highest BCUT2D eigenvalue weighted by Crippen LogP contribution is 2.29.